The van der Waals surface area contributed by atoms with Crippen molar-refractivity contribution < 1.29 is 4.39 Å². The minimum atomic E-state index is -0.546. The molecule has 22 heavy (non-hydrogen) atoms. The molecule has 2 rings (SSSR count). The van der Waals surface area contributed by atoms with E-state index in [0.29, 0.717) is 15.6 Å². The summed E-state index contributed by atoms with van der Waals surface area (Å²) >= 11 is 13.1. The third-order valence-corrected chi connectivity index (χ3v) is 4.65. The molecule has 0 aliphatic rings. The van der Waals surface area contributed by atoms with E-state index in [1.54, 1.807) is 6.92 Å². The summed E-state index contributed by atoms with van der Waals surface area (Å²) in [5.74, 6) is -1.08. The number of benzene rings is 1. The lowest BCUT2D eigenvalue weighted by Crippen LogP contribution is -2.00. The van der Waals surface area contributed by atoms with Crippen LogP contribution in [0.5, 0.6) is 0 Å². The molecule has 0 amide bonds. The van der Waals surface area contributed by atoms with Crippen molar-refractivity contribution in [1.82, 2.24) is 4.98 Å². The Labute approximate surface area is 142 Å². The van der Waals surface area contributed by atoms with Gasteiger partial charge in [-0.15, -0.1) is 11.3 Å². The minimum absolute atomic E-state index is 0.0295. The van der Waals surface area contributed by atoms with Crippen LogP contribution in [-0.2, 0) is 0 Å². The molecule has 2 aromatic rings. The third kappa shape index (κ3) is 3.83. The van der Waals surface area contributed by atoms with Gasteiger partial charge >= 0.3 is 0 Å². The Bertz CT molecular complexity index is 752. The van der Waals surface area contributed by atoms with Gasteiger partial charge in [0.1, 0.15) is 16.7 Å². The predicted molar refractivity (Wildman–Crippen MR) is 88.5 cm³/mol. The minimum Gasteiger partial charge on any atom is -0.288 e. The summed E-state index contributed by atoms with van der Waals surface area (Å²) < 4.78 is 13.5. The molecule has 1 heterocycles. The average Bonchev–Trinajstić information content (AvgIpc) is 2.90. The summed E-state index contributed by atoms with van der Waals surface area (Å²) in [5, 5.41) is 12.1. The van der Waals surface area contributed by atoms with Gasteiger partial charge in [-0.2, -0.15) is 5.26 Å². The van der Waals surface area contributed by atoms with Crippen LogP contribution in [0.1, 0.15) is 35.1 Å². The van der Waals surface area contributed by atoms with E-state index < -0.39 is 17.8 Å². The Morgan fingerprint density at radius 3 is 2.73 bits per heavy atom. The largest absolute Gasteiger partial charge is 0.288 e. The molecular weight excluding hydrogens is 344 g/mol. The zero-order chi connectivity index (χ0) is 16.3. The number of nitrogens with zero attached hydrogens (tertiary/aromatic N) is 3. The lowest BCUT2D eigenvalue weighted by molar-refractivity contribution is 0.623. The van der Waals surface area contributed by atoms with E-state index in [-0.39, 0.29) is 5.02 Å². The molecule has 0 saturated carbocycles. The zero-order valence-electron chi connectivity index (χ0n) is 11.8. The van der Waals surface area contributed by atoms with Gasteiger partial charge in [-0.05, 0) is 31.5 Å². The number of hydrogen-bond acceptors (Lipinski definition) is 4. The van der Waals surface area contributed by atoms with E-state index in [2.05, 4.69) is 16.0 Å². The van der Waals surface area contributed by atoms with E-state index in [9.17, 15) is 9.65 Å². The molecule has 0 N–H and O–H groups in total. The van der Waals surface area contributed by atoms with Gasteiger partial charge in [-0.3, -0.25) is 4.99 Å². The van der Waals surface area contributed by atoms with Crippen molar-refractivity contribution in [3.8, 4) is 6.07 Å². The first-order chi connectivity index (χ1) is 10.4. The smallest absolute Gasteiger partial charge is 0.142 e. The summed E-state index contributed by atoms with van der Waals surface area (Å²) in [4.78, 5) is 8.58. The van der Waals surface area contributed by atoms with E-state index in [0.717, 1.165) is 5.69 Å². The summed E-state index contributed by atoms with van der Waals surface area (Å²) in [7, 11) is 0. The van der Waals surface area contributed by atoms with Crippen LogP contribution in [0.2, 0.25) is 10.0 Å². The SMILES string of the molecule is Cc1csc([C@@H](C#N)C=N[C@H](C)c2cc(F)c(Cl)cc2Cl)n1. The first-order valence-corrected chi connectivity index (χ1v) is 8.05. The molecule has 0 unspecified atom stereocenters. The summed E-state index contributed by atoms with van der Waals surface area (Å²) in [6.45, 7) is 3.64. The summed E-state index contributed by atoms with van der Waals surface area (Å²) in [6.07, 6.45) is 1.52. The van der Waals surface area contributed by atoms with E-state index in [1.165, 1.54) is 29.7 Å². The number of aromatic nitrogens is 1. The van der Waals surface area contributed by atoms with Crippen molar-refractivity contribution in [2.45, 2.75) is 25.8 Å². The number of halogens is 3. The van der Waals surface area contributed by atoms with E-state index in [1.807, 2.05) is 12.3 Å². The maximum absolute atomic E-state index is 13.5. The maximum atomic E-state index is 13.5. The number of aliphatic imine (C=N–C) groups is 1. The highest BCUT2D eigenvalue weighted by molar-refractivity contribution is 7.09. The number of rotatable bonds is 4. The fourth-order valence-electron chi connectivity index (χ4n) is 1.82. The Morgan fingerprint density at radius 1 is 1.41 bits per heavy atom. The van der Waals surface area contributed by atoms with Crippen LogP contribution in [0.4, 0.5) is 4.39 Å². The van der Waals surface area contributed by atoms with Crippen LogP contribution in [0.15, 0.2) is 22.5 Å². The van der Waals surface area contributed by atoms with Gasteiger partial charge in [0.2, 0.25) is 0 Å². The van der Waals surface area contributed by atoms with Crippen LogP contribution >= 0.6 is 34.5 Å². The average molecular weight is 356 g/mol. The molecule has 0 fully saturated rings. The zero-order valence-corrected chi connectivity index (χ0v) is 14.2. The van der Waals surface area contributed by atoms with E-state index >= 15 is 0 Å². The Morgan fingerprint density at radius 2 is 2.14 bits per heavy atom. The topological polar surface area (TPSA) is 49.0 Å². The van der Waals surface area contributed by atoms with Crippen molar-refractivity contribution in [2.24, 2.45) is 4.99 Å². The maximum Gasteiger partial charge on any atom is 0.142 e. The number of aryl methyl sites for hydroxylation is 1. The quantitative estimate of drug-likeness (QED) is 0.549. The van der Waals surface area contributed by atoms with Gasteiger partial charge in [0.15, 0.2) is 0 Å². The standard InChI is InChI=1S/C15H12Cl2FN3S/c1-8-7-22-15(21-8)10(5-19)6-20-9(2)11-3-14(18)13(17)4-12(11)16/h3-4,6-7,9-10H,1-2H3/t9-,10+/m1/s1. The lowest BCUT2D eigenvalue weighted by atomic mass is 10.1. The molecule has 1 aromatic heterocycles. The number of thiazole rings is 1. The first kappa shape index (κ1) is 16.9. The molecule has 0 saturated heterocycles. The fourth-order valence-corrected chi connectivity index (χ4v) is 3.16. The molecule has 0 bridgehead atoms. The number of nitriles is 1. The Balaban J connectivity index is 2.22. The highest BCUT2D eigenvalue weighted by Crippen LogP contribution is 2.30. The van der Waals surface area contributed by atoms with Crippen LogP contribution in [-0.4, -0.2) is 11.2 Å². The monoisotopic (exact) mass is 355 g/mol. The van der Waals surface area contributed by atoms with Gasteiger partial charge in [-0.1, -0.05) is 23.2 Å². The fraction of sp³-hybridized carbons (Fsp3) is 0.267. The second kappa shape index (κ2) is 7.19. The predicted octanol–water partition coefficient (Wildman–Crippen LogP) is 5.34. The first-order valence-electron chi connectivity index (χ1n) is 6.41. The molecule has 0 aliphatic heterocycles. The molecule has 1 aromatic carbocycles. The normalized spacial score (nSPS) is 14.0. The van der Waals surface area contributed by atoms with Gasteiger partial charge in [0.05, 0.1) is 17.1 Å². The third-order valence-electron chi connectivity index (χ3n) is 2.99. The molecule has 0 spiro atoms. The van der Waals surface area contributed by atoms with Gasteiger partial charge < -0.3 is 0 Å². The van der Waals surface area contributed by atoms with Gasteiger partial charge in [0.25, 0.3) is 0 Å². The molecule has 7 heteroatoms. The second-order valence-corrected chi connectivity index (χ2v) is 6.40. The van der Waals surface area contributed by atoms with Gasteiger partial charge in [0, 0.05) is 22.3 Å². The van der Waals surface area contributed by atoms with Crippen molar-refractivity contribution in [3.63, 3.8) is 0 Å². The molecule has 2 atom stereocenters. The van der Waals surface area contributed by atoms with Crippen LogP contribution in [0.3, 0.4) is 0 Å². The molecular formula is C15H12Cl2FN3S. The van der Waals surface area contributed by atoms with Crippen molar-refractivity contribution in [2.75, 3.05) is 0 Å². The van der Waals surface area contributed by atoms with Gasteiger partial charge in [-0.25, -0.2) is 9.37 Å². The Kier molecular flexibility index (Phi) is 5.52. The molecule has 0 radical (unpaired) electrons. The summed E-state index contributed by atoms with van der Waals surface area (Å²) in [6, 6.07) is 4.37. The van der Waals surface area contributed by atoms with Crippen molar-refractivity contribution in [1.29, 1.82) is 5.26 Å². The Hall–Kier alpha value is -1.48. The molecule has 114 valence electrons. The van der Waals surface area contributed by atoms with Crippen molar-refractivity contribution in [3.05, 3.63) is 49.6 Å². The molecule has 0 aliphatic carbocycles. The van der Waals surface area contributed by atoms with E-state index in [4.69, 9.17) is 23.2 Å². The molecule has 3 nitrogen and oxygen atoms in total. The second-order valence-electron chi connectivity index (χ2n) is 4.70. The van der Waals surface area contributed by atoms with Crippen LogP contribution in [0.25, 0.3) is 0 Å². The highest BCUT2D eigenvalue weighted by Gasteiger charge is 2.15. The van der Waals surface area contributed by atoms with Crippen LogP contribution < -0.4 is 0 Å². The highest BCUT2D eigenvalue weighted by atomic mass is 35.5. The van der Waals surface area contributed by atoms with Crippen LogP contribution in [0, 0.1) is 24.1 Å². The lowest BCUT2D eigenvalue weighted by Gasteiger charge is -2.10. The number of hydrogen-bond donors (Lipinski definition) is 0. The van der Waals surface area contributed by atoms with Crippen molar-refractivity contribution >= 4 is 40.8 Å². The summed E-state index contributed by atoms with van der Waals surface area (Å²) in [5.41, 5.74) is 1.39.